The molecule has 25 heavy (non-hydrogen) atoms. The minimum Gasteiger partial charge on any atom is -0.352 e. The lowest BCUT2D eigenvalue weighted by Gasteiger charge is -2.30. The van der Waals surface area contributed by atoms with Gasteiger partial charge in [0.25, 0.3) is 0 Å². The summed E-state index contributed by atoms with van der Waals surface area (Å²) < 4.78 is 0. The van der Waals surface area contributed by atoms with Crippen molar-refractivity contribution in [2.45, 2.75) is 38.6 Å². The number of nitrogens with zero attached hydrogens (tertiary/aromatic N) is 1. The van der Waals surface area contributed by atoms with Crippen molar-refractivity contribution in [2.24, 2.45) is 5.92 Å². The number of anilines is 1. The fourth-order valence-corrected chi connectivity index (χ4v) is 3.62. The Morgan fingerprint density at radius 3 is 2.36 bits per heavy atom. The molecule has 2 N–H and O–H groups in total. The summed E-state index contributed by atoms with van der Waals surface area (Å²) in [5.74, 6) is 0.190. The second-order valence-corrected chi connectivity index (χ2v) is 7.57. The van der Waals surface area contributed by atoms with Crippen LogP contribution in [0, 0.1) is 5.92 Å². The summed E-state index contributed by atoms with van der Waals surface area (Å²) in [6, 6.07) is 5.27. The van der Waals surface area contributed by atoms with Gasteiger partial charge in [0, 0.05) is 6.04 Å². The van der Waals surface area contributed by atoms with E-state index in [0.29, 0.717) is 21.7 Å². The number of hydrogen-bond acceptors (Lipinski definition) is 3. The zero-order valence-electron chi connectivity index (χ0n) is 14.6. The minimum atomic E-state index is -0.267. The maximum Gasteiger partial charge on any atom is 0.238 e. The molecule has 2 rings (SSSR count). The molecule has 0 radical (unpaired) electrons. The molecule has 1 fully saturated rings. The van der Waals surface area contributed by atoms with Gasteiger partial charge in [0.05, 0.1) is 28.8 Å². The molecular formula is C18H25Cl2N3O2. The topological polar surface area (TPSA) is 61.4 Å². The van der Waals surface area contributed by atoms with Crippen molar-refractivity contribution in [3.8, 4) is 0 Å². The maximum atomic E-state index is 12.2. The van der Waals surface area contributed by atoms with Gasteiger partial charge < -0.3 is 10.6 Å². The number of nitrogens with one attached hydrogen (secondary N) is 2. The van der Waals surface area contributed by atoms with Gasteiger partial charge >= 0.3 is 0 Å². The fourth-order valence-electron chi connectivity index (χ4n) is 3.13. The van der Waals surface area contributed by atoms with Gasteiger partial charge in [-0.25, -0.2) is 0 Å². The first-order valence-corrected chi connectivity index (χ1v) is 9.34. The quantitative estimate of drug-likeness (QED) is 0.786. The predicted octanol–water partition coefficient (Wildman–Crippen LogP) is 3.56. The van der Waals surface area contributed by atoms with Gasteiger partial charge in [0.15, 0.2) is 0 Å². The van der Waals surface area contributed by atoms with Crippen LogP contribution in [0.15, 0.2) is 18.2 Å². The summed E-state index contributed by atoms with van der Waals surface area (Å²) in [4.78, 5) is 26.0. The first kappa shape index (κ1) is 20.0. The highest BCUT2D eigenvalue weighted by Crippen LogP contribution is 2.29. The number of carbonyl (C=O) groups is 2. The van der Waals surface area contributed by atoms with Crippen LogP contribution in [-0.2, 0) is 9.59 Å². The number of rotatable bonds is 6. The van der Waals surface area contributed by atoms with Gasteiger partial charge in [0.2, 0.25) is 11.8 Å². The molecule has 7 heteroatoms. The number of amides is 2. The van der Waals surface area contributed by atoms with Gasteiger partial charge in [-0.1, -0.05) is 49.0 Å². The molecule has 0 unspecified atom stereocenters. The first-order chi connectivity index (χ1) is 11.9. The average Bonchev–Trinajstić information content (AvgIpc) is 2.53. The lowest BCUT2D eigenvalue weighted by molar-refractivity contribution is -0.124. The second-order valence-electron chi connectivity index (χ2n) is 6.75. The van der Waals surface area contributed by atoms with E-state index in [0.717, 1.165) is 19.3 Å². The van der Waals surface area contributed by atoms with E-state index in [1.807, 2.05) is 0 Å². The van der Waals surface area contributed by atoms with Crippen LogP contribution in [0.2, 0.25) is 10.0 Å². The van der Waals surface area contributed by atoms with Crippen LogP contribution in [0.25, 0.3) is 0 Å². The molecular weight excluding hydrogens is 361 g/mol. The molecule has 0 aliphatic heterocycles. The molecule has 1 saturated carbocycles. The van der Waals surface area contributed by atoms with E-state index in [-0.39, 0.29) is 30.9 Å². The number of hydrogen-bond donors (Lipinski definition) is 2. The summed E-state index contributed by atoms with van der Waals surface area (Å²) in [6.45, 7) is 2.43. The maximum absolute atomic E-state index is 12.2. The lowest BCUT2D eigenvalue weighted by atomic mass is 9.86. The highest BCUT2D eigenvalue weighted by molar-refractivity contribution is 6.39. The number of halogens is 2. The first-order valence-electron chi connectivity index (χ1n) is 8.58. The Morgan fingerprint density at radius 1 is 1.12 bits per heavy atom. The molecule has 0 bridgehead atoms. The van der Waals surface area contributed by atoms with Gasteiger partial charge in [-0.15, -0.1) is 0 Å². The second kappa shape index (κ2) is 9.41. The number of para-hydroxylation sites is 1. The van der Waals surface area contributed by atoms with Crippen LogP contribution < -0.4 is 10.6 Å². The van der Waals surface area contributed by atoms with E-state index in [1.165, 1.54) is 6.42 Å². The smallest absolute Gasteiger partial charge is 0.238 e. The largest absolute Gasteiger partial charge is 0.352 e. The van der Waals surface area contributed by atoms with Crippen molar-refractivity contribution in [2.75, 3.05) is 25.5 Å². The van der Waals surface area contributed by atoms with Crippen LogP contribution in [-0.4, -0.2) is 42.9 Å². The molecule has 138 valence electrons. The van der Waals surface area contributed by atoms with Crippen LogP contribution in [0.5, 0.6) is 0 Å². The molecule has 1 aromatic carbocycles. The van der Waals surface area contributed by atoms with E-state index in [9.17, 15) is 9.59 Å². The van der Waals surface area contributed by atoms with Gasteiger partial charge in [-0.3, -0.25) is 14.5 Å². The molecule has 2 atom stereocenters. The zero-order valence-corrected chi connectivity index (χ0v) is 16.2. The Labute approximate surface area is 159 Å². The van der Waals surface area contributed by atoms with Crippen LogP contribution in [0.4, 0.5) is 5.69 Å². The summed E-state index contributed by atoms with van der Waals surface area (Å²) >= 11 is 12.1. The lowest BCUT2D eigenvalue weighted by Crippen LogP contribution is -2.46. The Morgan fingerprint density at radius 2 is 1.72 bits per heavy atom. The Balaban J connectivity index is 1.80. The van der Waals surface area contributed by atoms with Crippen molar-refractivity contribution in [3.05, 3.63) is 28.2 Å². The molecule has 0 heterocycles. The molecule has 0 spiro atoms. The van der Waals surface area contributed by atoms with Crippen molar-refractivity contribution < 1.29 is 9.59 Å². The van der Waals surface area contributed by atoms with E-state index >= 15 is 0 Å². The highest BCUT2D eigenvalue weighted by atomic mass is 35.5. The summed E-state index contributed by atoms with van der Waals surface area (Å²) in [5, 5.41) is 6.54. The summed E-state index contributed by atoms with van der Waals surface area (Å²) in [7, 11) is 1.73. The predicted molar refractivity (Wildman–Crippen MR) is 102 cm³/mol. The highest BCUT2D eigenvalue weighted by Gasteiger charge is 2.23. The Bertz CT molecular complexity index is 604. The molecule has 0 aromatic heterocycles. The molecule has 1 aromatic rings. The molecule has 5 nitrogen and oxygen atoms in total. The number of carbonyl (C=O) groups excluding carboxylic acids is 2. The molecule has 1 aliphatic carbocycles. The van der Waals surface area contributed by atoms with Gasteiger partial charge in [-0.2, -0.15) is 0 Å². The van der Waals surface area contributed by atoms with E-state index in [1.54, 1.807) is 30.1 Å². The van der Waals surface area contributed by atoms with Crippen LogP contribution >= 0.6 is 23.2 Å². The van der Waals surface area contributed by atoms with E-state index < -0.39 is 0 Å². The summed E-state index contributed by atoms with van der Waals surface area (Å²) in [6.07, 6.45) is 4.58. The van der Waals surface area contributed by atoms with E-state index in [2.05, 4.69) is 17.6 Å². The van der Waals surface area contributed by atoms with Crippen LogP contribution in [0.1, 0.15) is 32.6 Å². The minimum absolute atomic E-state index is 0.0511. The van der Waals surface area contributed by atoms with Crippen LogP contribution in [0.3, 0.4) is 0 Å². The Hall–Kier alpha value is -1.30. The Kier molecular flexibility index (Phi) is 7.54. The number of benzene rings is 1. The van der Waals surface area contributed by atoms with Gasteiger partial charge in [-0.05, 0) is 37.9 Å². The third-order valence-corrected chi connectivity index (χ3v) is 5.14. The average molecular weight is 386 g/mol. The summed E-state index contributed by atoms with van der Waals surface area (Å²) in [5.41, 5.74) is 0.393. The fraction of sp³-hybridized carbons (Fsp3) is 0.556. The van der Waals surface area contributed by atoms with Gasteiger partial charge in [0.1, 0.15) is 0 Å². The normalized spacial score (nSPS) is 20.4. The molecule has 0 saturated heterocycles. The standard InChI is InChI=1S/C18H25Cl2N3O2/c1-12-6-3-4-9-15(12)21-16(24)10-23(2)11-17(25)22-18-13(19)7-5-8-14(18)20/h5,7-8,12,15H,3-4,6,9-11H2,1-2H3,(H,21,24)(H,22,25)/t12-,15+/m1/s1. The zero-order chi connectivity index (χ0) is 18.4. The monoisotopic (exact) mass is 385 g/mol. The SMILES string of the molecule is C[C@@H]1CCCC[C@@H]1NC(=O)CN(C)CC(=O)Nc1c(Cl)cccc1Cl. The van der Waals surface area contributed by atoms with Crippen molar-refractivity contribution in [3.63, 3.8) is 0 Å². The van der Waals surface area contributed by atoms with Crippen molar-refractivity contribution in [1.82, 2.24) is 10.2 Å². The molecule has 2 amide bonds. The van der Waals surface area contributed by atoms with E-state index in [4.69, 9.17) is 23.2 Å². The van der Waals surface area contributed by atoms with Crippen molar-refractivity contribution >= 4 is 40.7 Å². The number of likely N-dealkylation sites (N-methyl/N-ethyl adjacent to an activating group) is 1. The molecule has 1 aliphatic rings. The third-order valence-electron chi connectivity index (χ3n) is 4.51. The van der Waals surface area contributed by atoms with Crippen molar-refractivity contribution in [1.29, 1.82) is 0 Å². The third kappa shape index (κ3) is 6.17.